The van der Waals surface area contributed by atoms with Crippen molar-refractivity contribution in [3.8, 4) is 6.07 Å². The van der Waals surface area contributed by atoms with Crippen LogP contribution in [0.25, 0.3) is 0 Å². The monoisotopic (exact) mass is 461 g/mol. The van der Waals surface area contributed by atoms with E-state index in [0.717, 1.165) is 21.7 Å². The van der Waals surface area contributed by atoms with E-state index in [-0.39, 0.29) is 25.0 Å². The molecule has 0 fully saturated rings. The van der Waals surface area contributed by atoms with E-state index in [1.54, 1.807) is 23.5 Å². The quantitative estimate of drug-likeness (QED) is 0.575. The Kier molecular flexibility index (Phi) is 7.27. The number of ether oxygens (including phenoxy) is 1. The zero-order valence-corrected chi connectivity index (χ0v) is 18.8. The first-order valence-electron chi connectivity index (χ1n) is 10.7. The van der Waals surface area contributed by atoms with Crippen molar-refractivity contribution in [3.63, 3.8) is 0 Å². The lowest BCUT2D eigenvalue weighted by atomic mass is 10.0. The van der Waals surface area contributed by atoms with Gasteiger partial charge in [0.15, 0.2) is 0 Å². The van der Waals surface area contributed by atoms with Crippen LogP contribution >= 0.6 is 11.3 Å². The van der Waals surface area contributed by atoms with E-state index in [1.165, 1.54) is 11.3 Å². The normalized spacial score (nSPS) is 12.5. The predicted octanol–water partition coefficient (Wildman–Crippen LogP) is 3.72. The van der Waals surface area contributed by atoms with E-state index in [4.69, 9.17) is 4.74 Å². The van der Waals surface area contributed by atoms with E-state index in [1.807, 2.05) is 30.3 Å². The van der Waals surface area contributed by atoms with Crippen LogP contribution in [0.4, 0.5) is 9.80 Å². The maximum absolute atomic E-state index is 12.5. The molecule has 0 saturated heterocycles. The largest absolute Gasteiger partial charge is 0.449 e. The fourth-order valence-electron chi connectivity index (χ4n) is 3.64. The first-order chi connectivity index (χ1) is 16.1. The number of hydrogen-bond donors (Lipinski definition) is 1. The number of aromatic nitrogens is 2. The SMILES string of the molecule is N#Cc1c(NC(=O)CCc2ccccn2)sc2c1CCN(C(=O)OCCc1ccncc1)C2. The molecule has 9 heteroatoms. The van der Waals surface area contributed by atoms with Gasteiger partial charge in [0.2, 0.25) is 5.91 Å². The third kappa shape index (κ3) is 5.73. The second-order valence-electron chi connectivity index (χ2n) is 7.58. The Morgan fingerprint density at radius 3 is 2.79 bits per heavy atom. The van der Waals surface area contributed by atoms with Crippen LogP contribution in [0.3, 0.4) is 0 Å². The van der Waals surface area contributed by atoms with Crippen LogP contribution in [-0.2, 0) is 35.3 Å². The van der Waals surface area contributed by atoms with Gasteiger partial charge in [0, 0.05) is 48.5 Å². The molecule has 0 bridgehead atoms. The van der Waals surface area contributed by atoms with Gasteiger partial charge >= 0.3 is 6.09 Å². The van der Waals surface area contributed by atoms with Crippen molar-refractivity contribution >= 4 is 28.3 Å². The molecule has 1 aliphatic rings. The molecule has 4 heterocycles. The highest BCUT2D eigenvalue weighted by Gasteiger charge is 2.28. The van der Waals surface area contributed by atoms with Gasteiger partial charge in [0.25, 0.3) is 0 Å². The molecule has 33 heavy (non-hydrogen) atoms. The van der Waals surface area contributed by atoms with Gasteiger partial charge in [-0.15, -0.1) is 11.3 Å². The van der Waals surface area contributed by atoms with Crippen LogP contribution in [-0.4, -0.2) is 40.0 Å². The molecule has 168 valence electrons. The van der Waals surface area contributed by atoms with Crippen molar-refractivity contribution in [2.45, 2.75) is 32.2 Å². The molecule has 2 amide bonds. The average molecular weight is 462 g/mol. The molecule has 0 unspecified atom stereocenters. The van der Waals surface area contributed by atoms with Gasteiger partial charge in [-0.2, -0.15) is 5.26 Å². The maximum atomic E-state index is 12.5. The van der Waals surface area contributed by atoms with Gasteiger partial charge in [0.1, 0.15) is 11.1 Å². The summed E-state index contributed by atoms with van der Waals surface area (Å²) in [7, 11) is 0. The van der Waals surface area contributed by atoms with Crippen LogP contribution in [0.2, 0.25) is 0 Å². The molecule has 0 aromatic carbocycles. The molecule has 4 rings (SSSR count). The number of pyridine rings is 2. The highest BCUT2D eigenvalue weighted by molar-refractivity contribution is 7.16. The van der Waals surface area contributed by atoms with Crippen LogP contribution in [0.15, 0.2) is 48.9 Å². The number of rotatable bonds is 7. The molecule has 3 aromatic rings. The number of carbonyl (C=O) groups excluding carboxylic acids is 2. The van der Waals surface area contributed by atoms with Gasteiger partial charge in [-0.1, -0.05) is 6.07 Å². The Morgan fingerprint density at radius 2 is 2.03 bits per heavy atom. The van der Waals surface area contributed by atoms with Gasteiger partial charge < -0.3 is 15.0 Å². The van der Waals surface area contributed by atoms with Crippen LogP contribution in [0.1, 0.15) is 33.7 Å². The van der Waals surface area contributed by atoms with E-state index < -0.39 is 0 Å². The van der Waals surface area contributed by atoms with Gasteiger partial charge in [-0.25, -0.2) is 4.79 Å². The number of amides is 2. The third-order valence-electron chi connectivity index (χ3n) is 5.38. The summed E-state index contributed by atoms with van der Waals surface area (Å²) in [5.41, 5.74) is 3.30. The second-order valence-corrected chi connectivity index (χ2v) is 8.69. The van der Waals surface area contributed by atoms with Crippen molar-refractivity contribution < 1.29 is 14.3 Å². The van der Waals surface area contributed by atoms with Crippen LogP contribution < -0.4 is 5.32 Å². The summed E-state index contributed by atoms with van der Waals surface area (Å²) in [5, 5.41) is 13.1. The third-order valence-corrected chi connectivity index (χ3v) is 6.51. The Labute approximate surface area is 195 Å². The minimum Gasteiger partial charge on any atom is -0.449 e. The Hall–Kier alpha value is -3.77. The lowest BCUT2D eigenvalue weighted by molar-refractivity contribution is -0.116. The Bertz CT molecular complexity index is 1160. The fraction of sp³-hybridized carbons (Fsp3) is 0.292. The molecule has 0 saturated carbocycles. The summed E-state index contributed by atoms with van der Waals surface area (Å²) in [4.78, 5) is 35.7. The van der Waals surface area contributed by atoms with E-state index in [0.29, 0.717) is 42.9 Å². The maximum Gasteiger partial charge on any atom is 0.410 e. The number of thiophene rings is 1. The van der Waals surface area contributed by atoms with E-state index in [2.05, 4.69) is 21.4 Å². The minimum absolute atomic E-state index is 0.164. The molecule has 3 aromatic heterocycles. The molecule has 0 spiro atoms. The number of nitrogens with zero attached hydrogens (tertiary/aromatic N) is 4. The number of aryl methyl sites for hydroxylation is 1. The molecule has 0 radical (unpaired) electrons. The minimum atomic E-state index is -0.373. The summed E-state index contributed by atoms with van der Waals surface area (Å²) in [6, 6.07) is 11.6. The molecule has 1 aliphatic heterocycles. The van der Waals surface area contributed by atoms with Crippen LogP contribution in [0.5, 0.6) is 0 Å². The lowest BCUT2D eigenvalue weighted by Gasteiger charge is -2.26. The zero-order chi connectivity index (χ0) is 23.0. The number of hydrogen-bond acceptors (Lipinski definition) is 7. The first-order valence-corrected chi connectivity index (χ1v) is 11.5. The van der Waals surface area contributed by atoms with Crippen molar-refractivity contribution in [1.82, 2.24) is 14.9 Å². The molecule has 0 atom stereocenters. The molecule has 8 nitrogen and oxygen atoms in total. The predicted molar refractivity (Wildman–Crippen MR) is 124 cm³/mol. The number of fused-ring (bicyclic) bond motifs is 1. The van der Waals surface area contributed by atoms with Crippen molar-refractivity contribution in [1.29, 1.82) is 5.26 Å². The van der Waals surface area contributed by atoms with E-state index >= 15 is 0 Å². The topological polar surface area (TPSA) is 108 Å². The first kappa shape index (κ1) is 22.4. The van der Waals surface area contributed by atoms with Crippen molar-refractivity contribution in [3.05, 3.63) is 76.2 Å². The van der Waals surface area contributed by atoms with Crippen molar-refractivity contribution in [2.75, 3.05) is 18.5 Å². The zero-order valence-electron chi connectivity index (χ0n) is 18.0. The summed E-state index contributed by atoms with van der Waals surface area (Å²) in [6.45, 7) is 1.13. The van der Waals surface area contributed by atoms with Gasteiger partial charge in [-0.05, 0) is 48.2 Å². The fourth-order valence-corrected chi connectivity index (χ4v) is 4.87. The summed E-state index contributed by atoms with van der Waals surface area (Å²) in [6.07, 6.45) is 6.73. The molecular weight excluding hydrogens is 438 g/mol. The summed E-state index contributed by atoms with van der Waals surface area (Å²) in [5.74, 6) is -0.164. The highest BCUT2D eigenvalue weighted by Crippen LogP contribution is 2.36. The second kappa shape index (κ2) is 10.7. The van der Waals surface area contributed by atoms with Gasteiger partial charge in [-0.3, -0.25) is 14.8 Å². The number of carbonyl (C=O) groups is 2. The number of nitrogens with one attached hydrogen (secondary N) is 1. The average Bonchev–Trinajstić information content (AvgIpc) is 3.20. The summed E-state index contributed by atoms with van der Waals surface area (Å²) >= 11 is 1.35. The molecule has 0 aliphatic carbocycles. The smallest absolute Gasteiger partial charge is 0.410 e. The number of nitriles is 1. The lowest BCUT2D eigenvalue weighted by Crippen LogP contribution is -2.36. The highest BCUT2D eigenvalue weighted by atomic mass is 32.1. The Morgan fingerprint density at radius 1 is 1.18 bits per heavy atom. The molecule has 1 N–H and O–H groups in total. The van der Waals surface area contributed by atoms with Crippen molar-refractivity contribution in [2.24, 2.45) is 0 Å². The summed E-state index contributed by atoms with van der Waals surface area (Å²) < 4.78 is 5.43. The Balaban J connectivity index is 1.33. The number of anilines is 1. The standard InChI is InChI=1S/C24H23N5O3S/c25-15-20-19-8-13-29(24(31)32-14-9-17-6-11-26-12-7-17)16-21(19)33-23(20)28-22(30)5-4-18-3-1-2-10-27-18/h1-3,6-7,10-12H,4-5,8-9,13-14,16H2,(H,28,30). The van der Waals surface area contributed by atoms with Crippen LogP contribution in [0, 0.1) is 11.3 Å². The van der Waals surface area contributed by atoms with Gasteiger partial charge in [0.05, 0.1) is 18.7 Å². The van der Waals surface area contributed by atoms with E-state index in [9.17, 15) is 14.9 Å². The molecular formula is C24H23N5O3S.